The van der Waals surface area contributed by atoms with E-state index in [-0.39, 0.29) is 10.8 Å². The highest BCUT2D eigenvalue weighted by Crippen LogP contribution is 2.35. The molecule has 0 bridgehead atoms. The Morgan fingerprint density at radius 3 is 3.06 bits per heavy atom. The van der Waals surface area contributed by atoms with Crippen molar-refractivity contribution in [1.29, 1.82) is 0 Å². The van der Waals surface area contributed by atoms with E-state index in [1.807, 2.05) is 12.1 Å². The molecular weight excluding hydrogens is 225 g/mol. The van der Waals surface area contributed by atoms with Crippen LogP contribution in [0.3, 0.4) is 0 Å². The lowest BCUT2D eigenvalue weighted by molar-refractivity contribution is 0.311. The number of rotatable bonds is 2. The molecular formula is C13H17ClFN. The predicted molar refractivity (Wildman–Crippen MR) is 65.4 cm³/mol. The third kappa shape index (κ3) is 2.23. The van der Waals surface area contributed by atoms with Crippen LogP contribution in [0.4, 0.5) is 4.39 Å². The lowest BCUT2D eigenvalue weighted by atomic mass is 9.79. The Bertz CT molecular complexity index is 367. The molecule has 0 amide bonds. The van der Waals surface area contributed by atoms with Crippen molar-refractivity contribution >= 4 is 11.6 Å². The van der Waals surface area contributed by atoms with Crippen LogP contribution in [0.5, 0.6) is 0 Å². The molecule has 1 N–H and O–H groups in total. The summed E-state index contributed by atoms with van der Waals surface area (Å²) < 4.78 is 13.9. The summed E-state index contributed by atoms with van der Waals surface area (Å²) in [7, 11) is 0. The average molecular weight is 242 g/mol. The fourth-order valence-corrected chi connectivity index (χ4v) is 2.75. The lowest BCUT2D eigenvalue weighted by Crippen LogP contribution is -2.35. The van der Waals surface area contributed by atoms with Crippen molar-refractivity contribution in [3.63, 3.8) is 0 Å². The fraction of sp³-hybridized carbons (Fsp3) is 0.538. The lowest BCUT2D eigenvalue weighted by Gasteiger charge is -2.32. The molecule has 88 valence electrons. The van der Waals surface area contributed by atoms with E-state index in [0.717, 1.165) is 31.5 Å². The van der Waals surface area contributed by atoms with Gasteiger partial charge >= 0.3 is 0 Å². The van der Waals surface area contributed by atoms with Gasteiger partial charge in [0.2, 0.25) is 0 Å². The van der Waals surface area contributed by atoms with Gasteiger partial charge in [0.05, 0.1) is 5.02 Å². The third-order valence-corrected chi connectivity index (χ3v) is 3.80. The average Bonchev–Trinajstić information content (AvgIpc) is 2.33. The summed E-state index contributed by atoms with van der Waals surface area (Å²) in [6.07, 6.45) is 2.07. The van der Waals surface area contributed by atoms with Crippen LogP contribution in [-0.4, -0.2) is 13.1 Å². The minimum Gasteiger partial charge on any atom is -0.316 e. The van der Waals surface area contributed by atoms with Crippen LogP contribution in [-0.2, 0) is 0 Å². The van der Waals surface area contributed by atoms with Crippen molar-refractivity contribution < 1.29 is 4.39 Å². The van der Waals surface area contributed by atoms with Crippen molar-refractivity contribution in [3.05, 3.63) is 34.6 Å². The Morgan fingerprint density at radius 1 is 1.50 bits per heavy atom. The minimum absolute atomic E-state index is 0.227. The van der Waals surface area contributed by atoms with Gasteiger partial charge in [0, 0.05) is 0 Å². The maximum Gasteiger partial charge on any atom is 0.145 e. The fourth-order valence-electron chi connectivity index (χ4n) is 2.57. The smallest absolute Gasteiger partial charge is 0.145 e. The molecule has 1 aromatic rings. The zero-order valence-electron chi connectivity index (χ0n) is 9.47. The van der Waals surface area contributed by atoms with Crippen molar-refractivity contribution in [3.8, 4) is 0 Å². The summed E-state index contributed by atoms with van der Waals surface area (Å²) in [4.78, 5) is 0. The number of piperidine rings is 1. The Balaban J connectivity index is 2.30. The molecule has 2 rings (SSSR count). The second-order valence-electron chi connectivity index (χ2n) is 4.41. The van der Waals surface area contributed by atoms with E-state index in [0.29, 0.717) is 11.8 Å². The molecule has 1 aromatic carbocycles. The zero-order valence-corrected chi connectivity index (χ0v) is 10.2. The van der Waals surface area contributed by atoms with Gasteiger partial charge in [0.25, 0.3) is 0 Å². The van der Waals surface area contributed by atoms with Crippen LogP contribution in [0.15, 0.2) is 18.2 Å². The van der Waals surface area contributed by atoms with Gasteiger partial charge in [-0.2, -0.15) is 0 Å². The second-order valence-corrected chi connectivity index (χ2v) is 4.82. The van der Waals surface area contributed by atoms with Gasteiger partial charge in [-0.25, -0.2) is 4.39 Å². The molecule has 0 spiro atoms. The van der Waals surface area contributed by atoms with Crippen LogP contribution in [0.1, 0.15) is 31.2 Å². The Morgan fingerprint density at radius 2 is 2.31 bits per heavy atom. The highest BCUT2D eigenvalue weighted by molar-refractivity contribution is 6.30. The first kappa shape index (κ1) is 11.9. The van der Waals surface area contributed by atoms with Gasteiger partial charge in [-0.15, -0.1) is 0 Å². The second kappa shape index (κ2) is 5.15. The monoisotopic (exact) mass is 241 g/mol. The molecule has 3 heteroatoms. The van der Waals surface area contributed by atoms with Gasteiger partial charge < -0.3 is 5.32 Å². The molecule has 0 saturated carbocycles. The molecule has 16 heavy (non-hydrogen) atoms. The summed E-state index contributed by atoms with van der Waals surface area (Å²) in [5.41, 5.74) is 0.792. The van der Waals surface area contributed by atoms with Crippen LogP contribution < -0.4 is 5.32 Å². The summed E-state index contributed by atoms with van der Waals surface area (Å²) in [6.45, 7) is 4.10. The molecule has 1 saturated heterocycles. The summed E-state index contributed by atoms with van der Waals surface area (Å²) in [5.74, 6) is 0.598. The molecule has 1 heterocycles. The van der Waals surface area contributed by atoms with Crippen molar-refractivity contribution in [2.75, 3.05) is 13.1 Å². The molecule has 0 radical (unpaired) electrons. The third-order valence-electron chi connectivity index (χ3n) is 3.51. The van der Waals surface area contributed by atoms with Crippen LogP contribution >= 0.6 is 11.6 Å². The molecule has 1 nitrogen and oxygen atoms in total. The molecule has 0 aromatic heterocycles. The van der Waals surface area contributed by atoms with E-state index in [9.17, 15) is 4.39 Å². The first-order valence-corrected chi connectivity index (χ1v) is 6.26. The maximum atomic E-state index is 13.9. The van der Waals surface area contributed by atoms with Gasteiger partial charge in [-0.05, 0) is 43.0 Å². The van der Waals surface area contributed by atoms with Crippen molar-refractivity contribution in [1.82, 2.24) is 5.32 Å². The number of hydrogen-bond acceptors (Lipinski definition) is 1. The highest BCUT2D eigenvalue weighted by Gasteiger charge is 2.27. The first-order valence-electron chi connectivity index (χ1n) is 5.88. The predicted octanol–water partition coefficient (Wildman–Crippen LogP) is 3.58. The zero-order chi connectivity index (χ0) is 11.5. The number of halogens is 2. The maximum absolute atomic E-state index is 13.9. The van der Waals surface area contributed by atoms with E-state index in [2.05, 4.69) is 12.2 Å². The Hall–Kier alpha value is -0.600. The highest BCUT2D eigenvalue weighted by atomic mass is 35.5. The normalized spacial score (nSPS) is 25.7. The van der Waals surface area contributed by atoms with Gasteiger partial charge in [-0.3, -0.25) is 0 Å². The molecule has 2 unspecified atom stereocenters. The summed E-state index contributed by atoms with van der Waals surface area (Å²) in [5, 5.41) is 3.61. The molecule has 1 aliphatic rings. The van der Waals surface area contributed by atoms with Crippen LogP contribution in [0, 0.1) is 11.7 Å². The minimum atomic E-state index is -0.227. The molecule has 2 atom stereocenters. The SMILES string of the molecule is CCC1CNCCC1c1cccc(Cl)c1F. The quantitative estimate of drug-likeness (QED) is 0.835. The van der Waals surface area contributed by atoms with E-state index >= 15 is 0 Å². The Kier molecular flexibility index (Phi) is 3.82. The van der Waals surface area contributed by atoms with Gasteiger partial charge in [0.1, 0.15) is 5.82 Å². The standard InChI is InChI=1S/C13H17ClFN/c1-2-9-8-16-7-6-10(9)11-4-3-5-12(14)13(11)15/h3-5,9-10,16H,2,6-8H2,1H3. The van der Waals surface area contributed by atoms with E-state index < -0.39 is 0 Å². The summed E-state index contributed by atoms with van der Waals surface area (Å²) in [6, 6.07) is 5.33. The Labute approximate surface area is 101 Å². The van der Waals surface area contributed by atoms with E-state index in [4.69, 9.17) is 11.6 Å². The van der Waals surface area contributed by atoms with E-state index in [1.54, 1.807) is 6.07 Å². The van der Waals surface area contributed by atoms with Crippen molar-refractivity contribution in [2.45, 2.75) is 25.7 Å². The number of benzene rings is 1. The summed E-state index contributed by atoms with van der Waals surface area (Å²) >= 11 is 5.83. The first-order chi connectivity index (χ1) is 7.74. The number of nitrogens with one attached hydrogen (secondary N) is 1. The molecule has 0 aliphatic carbocycles. The van der Waals surface area contributed by atoms with Crippen LogP contribution in [0.25, 0.3) is 0 Å². The molecule has 1 aliphatic heterocycles. The van der Waals surface area contributed by atoms with Gasteiger partial charge in [-0.1, -0.05) is 37.1 Å². The number of hydrogen-bond donors (Lipinski definition) is 1. The van der Waals surface area contributed by atoms with E-state index in [1.165, 1.54) is 0 Å². The van der Waals surface area contributed by atoms with Gasteiger partial charge in [0.15, 0.2) is 0 Å². The molecule has 1 fully saturated rings. The van der Waals surface area contributed by atoms with Crippen LogP contribution in [0.2, 0.25) is 5.02 Å². The topological polar surface area (TPSA) is 12.0 Å². The van der Waals surface area contributed by atoms with Crippen molar-refractivity contribution in [2.24, 2.45) is 5.92 Å². The largest absolute Gasteiger partial charge is 0.316 e.